The van der Waals surface area contributed by atoms with Crippen molar-refractivity contribution in [3.8, 4) is 0 Å². The Bertz CT molecular complexity index is 481. The molecule has 0 spiro atoms. The van der Waals surface area contributed by atoms with Crippen LogP contribution in [0.25, 0.3) is 0 Å². The number of nitrogens with one attached hydrogen (secondary N) is 1. The summed E-state index contributed by atoms with van der Waals surface area (Å²) in [5, 5.41) is 2.87. The number of hydrogen-bond donors (Lipinski definition) is 2. The van der Waals surface area contributed by atoms with Gasteiger partial charge in [0.25, 0.3) is 0 Å². The molecule has 3 atom stereocenters. The average molecular weight is 246 g/mol. The third-order valence-corrected chi connectivity index (χ3v) is 3.94. The van der Waals surface area contributed by atoms with Crippen molar-refractivity contribution >= 4 is 11.6 Å². The first-order valence-corrected chi connectivity index (χ1v) is 6.48. The Balaban J connectivity index is 1.88. The Labute approximate surface area is 107 Å². The quantitative estimate of drug-likeness (QED) is 0.838. The lowest BCUT2D eigenvalue weighted by molar-refractivity contribution is -0.116. The van der Waals surface area contributed by atoms with E-state index in [1.54, 1.807) is 0 Å². The zero-order chi connectivity index (χ0) is 12.7. The third kappa shape index (κ3) is 1.82. The van der Waals surface area contributed by atoms with Gasteiger partial charge in [0.15, 0.2) is 0 Å². The topological polar surface area (TPSA) is 64.4 Å². The van der Waals surface area contributed by atoms with E-state index in [9.17, 15) is 4.79 Å². The molecule has 1 aromatic rings. The zero-order valence-corrected chi connectivity index (χ0v) is 10.5. The fourth-order valence-corrected chi connectivity index (χ4v) is 2.74. The first kappa shape index (κ1) is 11.7. The molecule has 0 bridgehead atoms. The summed E-state index contributed by atoms with van der Waals surface area (Å²) in [6.07, 6.45) is 2.22. The zero-order valence-electron chi connectivity index (χ0n) is 10.5. The van der Waals surface area contributed by atoms with Crippen molar-refractivity contribution in [3.05, 3.63) is 29.3 Å². The number of amides is 1. The molecule has 1 aromatic carbocycles. The lowest BCUT2D eigenvalue weighted by Crippen LogP contribution is -2.25. The van der Waals surface area contributed by atoms with Crippen molar-refractivity contribution in [2.24, 2.45) is 5.73 Å². The number of anilines is 1. The predicted octanol–water partition coefficient (Wildman–Crippen LogP) is 1.92. The molecule has 0 radical (unpaired) electrons. The molecule has 4 nitrogen and oxygen atoms in total. The minimum atomic E-state index is -0.0966. The molecule has 4 heteroatoms. The maximum atomic E-state index is 11.6. The van der Waals surface area contributed by atoms with Crippen LogP contribution in [0.4, 0.5) is 5.69 Å². The highest BCUT2D eigenvalue weighted by Crippen LogP contribution is 2.35. The number of carbonyl (C=O) groups is 1. The molecule has 2 aliphatic rings. The van der Waals surface area contributed by atoms with Crippen molar-refractivity contribution in [2.75, 3.05) is 11.9 Å². The summed E-state index contributed by atoms with van der Waals surface area (Å²) in [6.45, 7) is 2.72. The largest absolute Gasteiger partial charge is 0.376 e. The molecule has 2 heterocycles. The van der Waals surface area contributed by atoms with Crippen LogP contribution in [0, 0.1) is 0 Å². The van der Waals surface area contributed by atoms with E-state index in [1.807, 2.05) is 25.1 Å². The van der Waals surface area contributed by atoms with Crippen LogP contribution in [-0.4, -0.2) is 18.6 Å². The summed E-state index contributed by atoms with van der Waals surface area (Å²) in [5.41, 5.74) is 9.26. The molecular weight excluding hydrogens is 228 g/mol. The number of hydrogen-bond acceptors (Lipinski definition) is 3. The second-order valence-electron chi connectivity index (χ2n) is 5.13. The number of ether oxygens (including phenoxy) is 1. The van der Waals surface area contributed by atoms with Gasteiger partial charge in [0.1, 0.15) is 0 Å². The molecule has 2 aliphatic heterocycles. The van der Waals surface area contributed by atoms with Crippen molar-refractivity contribution in [3.63, 3.8) is 0 Å². The predicted molar refractivity (Wildman–Crippen MR) is 69.4 cm³/mol. The number of fused-ring (bicyclic) bond motifs is 1. The van der Waals surface area contributed by atoms with Gasteiger partial charge in [0.2, 0.25) is 5.91 Å². The number of nitrogens with two attached hydrogens (primary N) is 1. The van der Waals surface area contributed by atoms with E-state index in [-0.39, 0.29) is 24.0 Å². The molecule has 0 saturated carbocycles. The Morgan fingerprint density at radius 3 is 3.06 bits per heavy atom. The summed E-state index contributed by atoms with van der Waals surface area (Å²) >= 11 is 0. The van der Waals surface area contributed by atoms with Gasteiger partial charge in [0.05, 0.1) is 18.1 Å². The Hall–Kier alpha value is -1.39. The van der Waals surface area contributed by atoms with Crippen molar-refractivity contribution in [1.29, 1.82) is 0 Å². The van der Waals surface area contributed by atoms with E-state index in [4.69, 9.17) is 10.5 Å². The van der Waals surface area contributed by atoms with Crippen LogP contribution in [0.2, 0.25) is 0 Å². The molecule has 3 rings (SSSR count). The highest BCUT2D eigenvalue weighted by molar-refractivity contribution is 6.02. The average Bonchev–Trinajstić information content (AvgIpc) is 2.99. The lowest BCUT2D eigenvalue weighted by Gasteiger charge is -2.19. The summed E-state index contributed by atoms with van der Waals surface area (Å²) < 4.78 is 5.63. The molecule has 3 unspecified atom stereocenters. The first-order valence-electron chi connectivity index (χ1n) is 6.48. The number of carbonyl (C=O) groups excluding carboxylic acids is 1. The fraction of sp³-hybridized carbons (Fsp3) is 0.500. The highest BCUT2D eigenvalue weighted by atomic mass is 16.5. The van der Waals surface area contributed by atoms with E-state index in [0.29, 0.717) is 0 Å². The van der Waals surface area contributed by atoms with Gasteiger partial charge in [-0.1, -0.05) is 12.1 Å². The maximum Gasteiger partial charge on any atom is 0.231 e. The molecule has 3 N–H and O–H groups in total. The maximum absolute atomic E-state index is 11.6. The van der Waals surface area contributed by atoms with Crippen LogP contribution in [0.1, 0.15) is 42.9 Å². The normalized spacial score (nSPS) is 28.0. The minimum Gasteiger partial charge on any atom is -0.376 e. The van der Waals surface area contributed by atoms with E-state index < -0.39 is 0 Å². The van der Waals surface area contributed by atoms with Crippen LogP contribution >= 0.6 is 0 Å². The summed E-state index contributed by atoms with van der Waals surface area (Å²) in [6, 6.07) is 5.88. The van der Waals surface area contributed by atoms with E-state index in [1.165, 1.54) is 0 Å². The summed E-state index contributed by atoms with van der Waals surface area (Å²) in [5.74, 6) is -0.0236. The summed E-state index contributed by atoms with van der Waals surface area (Å²) in [7, 11) is 0. The van der Waals surface area contributed by atoms with Gasteiger partial charge >= 0.3 is 0 Å². The van der Waals surface area contributed by atoms with E-state index in [2.05, 4.69) is 5.32 Å². The van der Waals surface area contributed by atoms with Crippen LogP contribution in [-0.2, 0) is 9.53 Å². The van der Waals surface area contributed by atoms with E-state index >= 15 is 0 Å². The van der Waals surface area contributed by atoms with Crippen LogP contribution in [0.5, 0.6) is 0 Å². The third-order valence-electron chi connectivity index (χ3n) is 3.94. The minimum absolute atomic E-state index is 0.0628. The van der Waals surface area contributed by atoms with Gasteiger partial charge in [-0.2, -0.15) is 0 Å². The Morgan fingerprint density at radius 2 is 2.33 bits per heavy atom. The van der Waals surface area contributed by atoms with Crippen molar-refractivity contribution in [1.82, 2.24) is 0 Å². The molecule has 0 aromatic heterocycles. The first-order chi connectivity index (χ1) is 8.66. The van der Waals surface area contributed by atoms with Crippen LogP contribution in [0.15, 0.2) is 18.2 Å². The smallest absolute Gasteiger partial charge is 0.231 e. The molecule has 18 heavy (non-hydrogen) atoms. The Morgan fingerprint density at radius 1 is 1.50 bits per heavy atom. The Kier molecular flexibility index (Phi) is 2.84. The molecule has 1 saturated heterocycles. The number of benzene rings is 1. The molecule has 96 valence electrons. The molecule has 1 amide bonds. The van der Waals surface area contributed by atoms with Gasteiger partial charge in [-0.05, 0) is 37.0 Å². The molecule has 1 fully saturated rings. The second-order valence-corrected chi connectivity index (χ2v) is 5.13. The van der Waals surface area contributed by atoms with Gasteiger partial charge in [0, 0.05) is 12.3 Å². The van der Waals surface area contributed by atoms with Gasteiger partial charge < -0.3 is 15.8 Å². The second kappa shape index (κ2) is 4.37. The van der Waals surface area contributed by atoms with Crippen molar-refractivity contribution in [2.45, 2.75) is 37.8 Å². The van der Waals surface area contributed by atoms with Crippen LogP contribution in [0.3, 0.4) is 0 Å². The SMILES string of the molecule is CC1C(=O)Nc2ccc(C(N)C3CCCO3)cc21. The monoisotopic (exact) mass is 246 g/mol. The summed E-state index contributed by atoms with van der Waals surface area (Å²) in [4.78, 5) is 11.6. The lowest BCUT2D eigenvalue weighted by atomic mass is 9.94. The highest BCUT2D eigenvalue weighted by Gasteiger charge is 2.29. The fourth-order valence-electron chi connectivity index (χ4n) is 2.74. The van der Waals surface area contributed by atoms with E-state index in [0.717, 1.165) is 36.3 Å². The van der Waals surface area contributed by atoms with Gasteiger partial charge in [-0.15, -0.1) is 0 Å². The van der Waals surface area contributed by atoms with Gasteiger partial charge in [-0.25, -0.2) is 0 Å². The van der Waals surface area contributed by atoms with Crippen LogP contribution < -0.4 is 11.1 Å². The molecule has 0 aliphatic carbocycles. The number of rotatable bonds is 2. The molecular formula is C14H18N2O2. The standard InChI is InChI=1S/C14H18N2O2/c1-8-10-7-9(4-5-11(10)16-14(8)17)13(15)12-3-2-6-18-12/h4-5,7-8,12-13H,2-3,6,15H2,1H3,(H,16,17). The van der Waals surface area contributed by atoms with Crippen molar-refractivity contribution < 1.29 is 9.53 Å². The van der Waals surface area contributed by atoms with Gasteiger partial charge in [-0.3, -0.25) is 4.79 Å².